The molecule has 35 heavy (non-hydrogen) atoms. The average molecular weight is 482 g/mol. The molecule has 1 aliphatic rings. The molecule has 2 atom stereocenters. The molecule has 2 aromatic carbocycles. The van der Waals surface area contributed by atoms with Crippen LogP contribution in [-0.2, 0) is 14.3 Å². The number of ether oxygens (including phenoxy) is 1. The molecule has 0 bridgehead atoms. The summed E-state index contributed by atoms with van der Waals surface area (Å²) >= 11 is 0. The minimum Gasteiger partial charge on any atom is -0.480 e. The Labute approximate surface area is 206 Å². The van der Waals surface area contributed by atoms with E-state index in [1.54, 1.807) is 0 Å². The van der Waals surface area contributed by atoms with Crippen molar-refractivity contribution in [3.63, 3.8) is 0 Å². The highest BCUT2D eigenvalue weighted by Gasteiger charge is 2.29. The lowest BCUT2D eigenvalue weighted by Crippen LogP contribution is -2.45. The van der Waals surface area contributed by atoms with Gasteiger partial charge in [-0.05, 0) is 49.2 Å². The number of nitrogens with one attached hydrogen (secondary N) is 2. The van der Waals surface area contributed by atoms with Crippen LogP contribution in [0.1, 0.15) is 49.7 Å². The third-order valence-electron chi connectivity index (χ3n) is 6.23. The molecule has 0 saturated carbocycles. The first-order chi connectivity index (χ1) is 16.8. The predicted octanol–water partition coefficient (Wildman–Crippen LogP) is 3.61. The van der Waals surface area contributed by atoms with Gasteiger partial charge in [-0.2, -0.15) is 0 Å². The van der Waals surface area contributed by atoms with Crippen LogP contribution < -0.4 is 10.6 Å². The Bertz CT molecular complexity index is 993. The Morgan fingerprint density at radius 2 is 1.57 bits per heavy atom. The van der Waals surface area contributed by atoms with Gasteiger partial charge in [-0.3, -0.25) is 4.79 Å². The molecule has 3 rings (SSSR count). The minimum atomic E-state index is -1.07. The fourth-order valence-corrected chi connectivity index (χ4v) is 4.50. The van der Waals surface area contributed by atoms with Crippen LogP contribution in [0.4, 0.5) is 4.79 Å². The van der Waals surface area contributed by atoms with Gasteiger partial charge in [0.25, 0.3) is 0 Å². The van der Waals surface area contributed by atoms with E-state index in [1.165, 1.54) is 0 Å². The van der Waals surface area contributed by atoms with Crippen molar-refractivity contribution in [2.45, 2.75) is 50.6 Å². The first-order valence-corrected chi connectivity index (χ1v) is 12.1. The summed E-state index contributed by atoms with van der Waals surface area (Å²) in [6.07, 6.45) is 1.04. The van der Waals surface area contributed by atoms with Gasteiger partial charge in [0.15, 0.2) is 0 Å². The first kappa shape index (κ1) is 26.2. The van der Waals surface area contributed by atoms with Crippen LogP contribution >= 0.6 is 0 Å². The monoisotopic (exact) mass is 481 g/mol. The van der Waals surface area contributed by atoms with Gasteiger partial charge in [0.2, 0.25) is 5.91 Å². The zero-order chi connectivity index (χ0) is 25.4. The van der Waals surface area contributed by atoms with Crippen molar-refractivity contribution < 1.29 is 24.2 Å². The maximum atomic E-state index is 12.6. The van der Waals surface area contributed by atoms with Crippen molar-refractivity contribution in [2.75, 3.05) is 27.2 Å². The smallest absolute Gasteiger partial charge is 0.407 e. The molecule has 0 radical (unpaired) electrons. The van der Waals surface area contributed by atoms with Crippen molar-refractivity contribution in [3.05, 3.63) is 59.7 Å². The average Bonchev–Trinajstić information content (AvgIpc) is 3.14. The molecule has 1 aliphatic carbocycles. The molecule has 0 aliphatic heterocycles. The van der Waals surface area contributed by atoms with Crippen LogP contribution in [-0.4, -0.2) is 67.3 Å². The molecule has 0 heterocycles. The van der Waals surface area contributed by atoms with Crippen LogP contribution in [0, 0.1) is 0 Å². The van der Waals surface area contributed by atoms with E-state index in [1.807, 2.05) is 50.2 Å². The van der Waals surface area contributed by atoms with E-state index in [0.717, 1.165) is 28.7 Å². The summed E-state index contributed by atoms with van der Waals surface area (Å²) < 4.78 is 5.60. The summed E-state index contributed by atoms with van der Waals surface area (Å²) in [5.74, 6) is -1.53. The molecule has 3 N–H and O–H groups in total. The van der Waals surface area contributed by atoms with E-state index in [9.17, 15) is 19.5 Å². The summed E-state index contributed by atoms with van der Waals surface area (Å²) in [5.41, 5.74) is 4.56. The number of aliphatic carboxylic acids is 1. The topological polar surface area (TPSA) is 108 Å². The third-order valence-corrected chi connectivity index (χ3v) is 6.23. The second-order valence-corrected chi connectivity index (χ2v) is 9.21. The number of fused-ring (bicyclic) bond motifs is 3. The molecule has 2 amide bonds. The number of hydrogen-bond acceptors (Lipinski definition) is 5. The number of carboxylic acids is 1. The lowest BCUT2D eigenvalue weighted by molar-refractivity contribution is -0.142. The fraction of sp³-hybridized carbons (Fsp3) is 0.444. The molecule has 0 aromatic heterocycles. The van der Waals surface area contributed by atoms with Crippen LogP contribution in [0.2, 0.25) is 0 Å². The maximum Gasteiger partial charge on any atom is 0.407 e. The molecule has 0 saturated heterocycles. The third kappa shape index (κ3) is 7.05. The van der Waals surface area contributed by atoms with Crippen molar-refractivity contribution in [1.29, 1.82) is 0 Å². The largest absolute Gasteiger partial charge is 0.480 e. The quantitative estimate of drug-likeness (QED) is 0.428. The molecular weight excluding hydrogens is 446 g/mol. The minimum absolute atomic E-state index is 0.0101. The summed E-state index contributed by atoms with van der Waals surface area (Å²) in [6, 6.07) is 14.8. The molecule has 2 unspecified atom stereocenters. The number of alkyl carbamates (subject to hydrolysis) is 1. The van der Waals surface area contributed by atoms with Crippen molar-refractivity contribution in [3.8, 4) is 11.1 Å². The van der Waals surface area contributed by atoms with E-state index in [4.69, 9.17) is 4.74 Å². The van der Waals surface area contributed by atoms with Gasteiger partial charge in [0, 0.05) is 24.9 Å². The second kappa shape index (κ2) is 12.4. The Kier molecular flexibility index (Phi) is 9.25. The summed E-state index contributed by atoms with van der Waals surface area (Å²) in [4.78, 5) is 38.5. The first-order valence-electron chi connectivity index (χ1n) is 12.1. The van der Waals surface area contributed by atoms with Crippen molar-refractivity contribution >= 4 is 18.0 Å². The van der Waals surface area contributed by atoms with Gasteiger partial charge in [0.1, 0.15) is 12.6 Å². The van der Waals surface area contributed by atoms with Crippen LogP contribution in [0.5, 0.6) is 0 Å². The van der Waals surface area contributed by atoms with Gasteiger partial charge in [-0.15, -0.1) is 0 Å². The zero-order valence-corrected chi connectivity index (χ0v) is 20.6. The van der Waals surface area contributed by atoms with Gasteiger partial charge in [-0.1, -0.05) is 61.9 Å². The van der Waals surface area contributed by atoms with Crippen LogP contribution in [0.25, 0.3) is 11.1 Å². The van der Waals surface area contributed by atoms with Gasteiger partial charge in [-0.25, -0.2) is 9.59 Å². The SMILES string of the molecule is CCCC(CC(=O)NC(CCN(C)C)C(=O)O)NC(=O)OCC1c2ccccc2-c2ccccc21. The molecule has 8 nitrogen and oxygen atoms in total. The molecule has 188 valence electrons. The van der Waals surface area contributed by atoms with Crippen LogP contribution in [0.15, 0.2) is 48.5 Å². The van der Waals surface area contributed by atoms with Gasteiger partial charge in [0.05, 0.1) is 0 Å². The van der Waals surface area contributed by atoms with Gasteiger partial charge < -0.3 is 25.4 Å². The highest BCUT2D eigenvalue weighted by Crippen LogP contribution is 2.44. The molecular formula is C27H35N3O5. The highest BCUT2D eigenvalue weighted by molar-refractivity contribution is 5.84. The van der Waals surface area contributed by atoms with Crippen molar-refractivity contribution in [1.82, 2.24) is 15.5 Å². The van der Waals surface area contributed by atoms with Gasteiger partial charge >= 0.3 is 12.1 Å². The fourth-order valence-electron chi connectivity index (χ4n) is 4.50. The number of hydrogen-bond donors (Lipinski definition) is 3. The summed E-state index contributed by atoms with van der Waals surface area (Å²) in [6.45, 7) is 2.69. The number of nitrogens with zero attached hydrogens (tertiary/aromatic N) is 1. The summed E-state index contributed by atoms with van der Waals surface area (Å²) in [7, 11) is 3.69. The van der Waals surface area contributed by atoms with E-state index in [0.29, 0.717) is 19.4 Å². The Hall–Kier alpha value is -3.39. The number of amides is 2. The predicted molar refractivity (Wildman–Crippen MR) is 134 cm³/mol. The number of rotatable bonds is 12. The maximum absolute atomic E-state index is 12.6. The standard InChI is InChI=1S/C27H35N3O5/c1-4-9-18(16-25(31)29-24(26(32)33)14-15-30(2)3)28-27(34)35-17-23-21-12-7-5-10-19(21)20-11-6-8-13-22(20)23/h5-8,10-13,18,23-24H,4,9,14-17H2,1-3H3,(H,28,34)(H,29,31)(H,32,33). The van der Waals surface area contributed by atoms with Crippen LogP contribution in [0.3, 0.4) is 0 Å². The Balaban J connectivity index is 1.56. The van der Waals surface area contributed by atoms with E-state index < -0.39 is 30.1 Å². The lowest BCUT2D eigenvalue weighted by atomic mass is 9.98. The van der Waals surface area contributed by atoms with Crippen molar-refractivity contribution in [2.24, 2.45) is 0 Å². The highest BCUT2D eigenvalue weighted by atomic mass is 16.5. The zero-order valence-electron chi connectivity index (χ0n) is 20.6. The van der Waals surface area contributed by atoms with E-state index in [2.05, 4.69) is 34.9 Å². The van der Waals surface area contributed by atoms with E-state index in [-0.39, 0.29) is 18.9 Å². The Morgan fingerprint density at radius 3 is 2.11 bits per heavy atom. The second-order valence-electron chi connectivity index (χ2n) is 9.21. The molecule has 2 aromatic rings. The summed E-state index contributed by atoms with van der Waals surface area (Å²) in [5, 5.41) is 14.8. The number of carbonyl (C=O) groups excluding carboxylic acids is 2. The number of carboxylic acid groups (broad SMARTS) is 1. The molecule has 0 fully saturated rings. The molecule has 0 spiro atoms. The number of carbonyl (C=O) groups is 3. The normalized spacial score (nSPS) is 14.1. The lowest BCUT2D eigenvalue weighted by Gasteiger charge is -2.21. The number of benzene rings is 2. The Morgan fingerprint density at radius 1 is 0.971 bits per heavy atom. The van der Waals surface area contributed by atoms with E-state index >= 15 is 0 Å². The molecule has 8 heteroatoms.